The van der Waals surface area contributed by atoms with Crippen molar-refractivity contribution in [3.05, 3.63) is 101 Å². The molecule has 2 N–H and O–H groups in total. The zero-order valence-electron chi connectivity index (χ0n) is 17.5. The number of fused-ring (bicyclic) bond motifs is 1. The molecule has 0 saturated carbocycles. The highest BCUT2D eigenvalue weighted by Crippen LogP contribution is 2.27. The van der Waals surface area contributed by atoms with Crippen molar-refractivity contribution in [2.45, 2.75) is 32.9 Å². The van der Waals surface area contributed by atoms with Crippen molar-refractivity contribution >= 4 is 22.6 Å². The molecule has 4 rings (SSSR count). The van der Waals surface area contributed by atoms with Crippen LogP contribution in [0.25, 0.3) is 11.0 Å². The second-order valence-corrected chi connectivity index (χ2v) is 7.73. The van der Waals surface area contributed by atoms with Gasteiger partial charge >= 0.3 is 0 Å². The molecule has 1 aromatic heterocycles. The summed E-state index contributed by atoms with van der Waals surface area (Å²) in [6, 6.07) is 25.1. The number of aryl methyl sites for hydroxylation is 2. The standard InChI is InChI=1S/C26H26N2O2/c1-17-13-14-18(2)22(15-17)28-26(29)25(20-9-5-4-6-10-20)27-19(3)24-16-21-11-7-8-12-23(21)30-24/h4-16,19,25,27H,1-3H3,(H,28,29). The van der Waals surface area contributed by atoms with Crippen molar-refractivity contribution in [3.63, 3.8) is 0 Å². The number of carbonyl (C=O) groups excluding carboxylic acids is 1. The molecule has 0 aliphatic heterocycles. The molecule has 4 aromatic rings. The lowest BCUT2D eigenvalue weighted by molar-refractivity contribution is -0.118. The quantitative estimate of drug-likeness (QED) is 0.414. The second-order valence-electron chi connectivity index (χ2n) is 7.73. The summed E-state index contributed by atoms with van der Waals surface area (Å²) in [5, 5.41) is 7.61. The molecule has 2 atom stereocenters. The first kappa shape index (κ1) is 19.9. The van der Waals surface area contributed by atoms with Crippen LogP contribution in [0.5, 0.6) is 0 Å². The number of hydrogen-bond donors (Lipinski definition) is 2. The number of carbonyl (C=O) groups is 1. The van der Waals surface area contributed by atoms with Gasteiger partial charge in [-0.15, -0.1) is 0 Å². The van der Waals surface area contributed by atoms with Gasteiger partial charge in [0.25, 0.3) is 0 Å². The van der Waals surface area contributed by atoms with E-state index in [0.717, 1.165) is 39.1 Å². The third-order valence-corrected chi connectivity index (χ3v) is 5.33. The van der Waals surface area contributed by atoms with Gasteiger partial charge in [-0.3, -0.25) is 10.1 Å². The third kappa shape index (κ3) is 4.29. The molecule has 0 radical (unpaired) electrons. The van der Waals surface area contributed by atoms with E-state index >= 15 is 0 Å². The summed E-state index contributed by atoms with van der Waals surface area (Å²) in [6.07, 6.45) is 0. The summed E-state index contributed by atoms with van der Waals surface area (Å²) in [5.41, 5.74) is 4.72. The van der Waals surface area contributed by atoms with Gasteiger partial charge in [-0.05, 0) is 55.7 Å². The highest BCUT2D eigenvalue weighted by atomic mass is 16.3. The minimum atomic E-state index is -0.519. The Balaban J connectivity index is 1.61. The number of nitrogens with one attached hydrogen (secondary N) is 2. The number of benzene rings is 3. The van der Waals surface area contributed by atoms with Crippen molar-refractivity contribution in [3.8, 4) is 0 Å². The Hall–Kier alpha value is -3.37. The lowest BCUT2D eigenvalue weighted by Crippen LogP contribution is -2.34. The molecule has 152 valence electrons. The van der Waals surface area contributed by atoms with Crippen molar-refractivity contribution in [2.24, 2.45) is 0 Å². The summed E-state index contributed by atoms with van der Waals surface area (Å²) < 4.78 is 6.01. The average molecular weight is 399 g/mol. The Labute approximate surface area is 176 Å². The van der Waals surface area contributed by atoms with Gasteiger partial charge in [0.1, 0.15) is 17.4 Å². The SMILES string of the molecule is Cc1ccc(C)c(NC(=O)C(NC(C)c2cc3ccccc3o2)c2ccccc2)c1. The van der Waals surface area contributed by atoms with E-state index < -0.39 is 6.04 Å². The molecule has 0 aliphatic rings. The molecule has 4 nitrogen and oxygen atoms in total. The molecule has 4 heteroatoms. The summed E-state index contributed by atoms with van der Waals surface area (Å²) in [5.74, 6) is 0.703. The molecule has 3 aromatic carbocycles. The van der Waals surface area contributed by atoms with Crippen molar-refractivity contribution in [2.75, 3.05) is 5.32 Å². The minimum absolute atomic E-state index is 0.0992. The minimum Gasteiger partial charge on any atom is -0.459 e. The van der Waals surface area contributed by atoms with E-state index in [1.165, 1.54) is 0 Å². The van der Waals surface area contributed by atoms with Crippen LogP contribution in [-0.4, -0.2) is 5.91 Å². The summed E-state index contributed by atoms with van der Waals surface area (Å²) in [7, 11) is 0. The van der Waals surface area contributed by atoms with Crippen LogP contribution in [-0.2, 0) is 4.79 Å². The monoisotopic (exact) mass is 398 g/mol. The van der Waals surface area contributed by atoms with Crippen LogP contribution in [0.15, 0.2) is 83.3 Å². The van der Waals surface area contributed by atoms with Crippen molar-refractivity contribution in [1.29, 1.82) is 0 Å². The first-order valence-electron chi connectivity index (χ1n) is 10.2. The predicted octanol–water partition coefficient (Wildman–Crippen LogP) is 6.08. The Morgan fingerprint density at radius 2 is 1.63 bits per heavy atom. The summed E-state index contributed by atoms with van der Waals surface area (Å²) in [6.45, 7) is 6.03. The zero-order chi connectivity index (χ0) is 21.1. The molecule has 0 fully saturated rings. The third-order valence-electron chi connectivity index (χ3n) is 5.33. The molecule has 0 aliphatic carbocycles. The number of anilines is 1. The normalized spacial score (nSPS) is 13.2. The van der Waals surface area contributed by atoms with Gasteiger partial charge in [0.05, 0.1) is 6.04 Å². The average Bonchev–Trinajstić information content (AvgIpc) is 3.19. The Morgan fingerprint density at radius 3 is 2.40 bits per heavy atom. The van der Waals surface area contributed by atoms with E-state index in [2.05, 4.69) is 10.6 Å². The predicted molar refractivity (Wildman–Crippen MR) is 121 cm³/mol. The first-order valence-corrected chi connectivity index (χ1v) is 10.2. The van der Waals surface area contributed by atoms with E-state index in [1.54, 1.807) is 0 Å². The fourth-order valence-electron chi connectivity index (χ4n) is 3.59. The van der Waals surface area contributed by atoms with Crippen molar-refractivity contribution < 1.29 is 9.21 Å². The van der Waals surface area contributed by atoms with Crippen LogP contribution < -0.4 is 10.6 Å². The smallest absolute Gasteiger partial charge is 0.246 e. The van der Waals surface area contributed by atoms with Gasteiger partial charge in [-0.25, -0.2) is 0 Å². The molecule has 1 heterocycles. The molecule has 0 bridgehead atoms. The van der Waals surface area contributed by atoms with Gasteiger partial charge < -0.3 is 9.73 Å². The number of para-hydroxylation sites is 1. The molecular weight excluding hydrogens is 372 g/mol. The Bertz CT molecular complexity index is 1130. The topological polar surface area (TPSA) is 54.3 Å². The maximum atomic E-state index is 13.3. The fraction of sp³-hybridized carbons (Fsp3) is 0.192. The van der Waals surface area contributed by atoms with Gasteiger partial charge in [-0.1, -0.05) is 60.7 Å². The molecule has 0 saturated heterocycles. The van der Waals surface area contributed by atoms with Crippen LogP contribution in [0.3, 0.4) is 0 Å². The van der Waals surface area contributed by atoms with Gasteiger partial charge in [0.2, 0.25) is 5.91 Å². The lowest BCUT2D eigenvalue weighted by Gasteiger charge is -2.23. The van der Waals surface area contributed by atoms with E-state index in [-0.39, 0.29) is 11.9 Å². The van der Waals surface area contributed by atoms with Crippen LogP contribution in [0.1, 0.15) is 41.5 Å². The molecule has 2 unspecified atom stereocenters. The van der Waals surface area contributed by atoms with Gasteiger partial charge in [0, 0.05) is 11.1 Å². The van der Waals surface area contributed by atoms with E-state index in [1.807, 2.05) is 99.6 Å². The molecule has 1 amide bonds. The van der Waals surface area contributed by atoms with Gasteiger partial charge in [-0.2, -0.15) is 0 Å². The van der Waals surface area contributed by atoms with Crippen LogP contribution in [0.2, 0.25) is 0 Å². The molecule has 30 heavy (non-hydrogen) atoms. The van der Waals surface area contributed by atoms with Crippen LogP contribution in [0, 0.1) is 13.8 Å². The fourth-order valence-corrected chi connectivity index (χ4v) is 3.59. The van der Waals surface area contributed by atoms with Gasteiger partial charge in [0.15, 0.2) is 0 Å². The maximum absolute atomic E-state index is 13.3. The number of rotatable bonds is 6. The van der Waals surface area contributed by atoms with Crippen LogP contribution >= 0.6 is 0 Å². The first-order chi connectivity index (χ1) is 14.5. The largest absolute Gasteiger partial charge is 0.459 e. The Kier molecular flexibility index (Phi) is 5.68. The molecular formula is C26H26N2O2. The highest BCUT2D eigenvalue weighted by Gasteiger charge is 2.25. The highest BCUT2D eigenvalue weighted by molar-refractivity contribution is 5.96. The van der Waals surface area contributed by atoms with Crippen molar-refractivity contribution in [1.82, 2.24) is 5.32 Å². The van der Waals surface area contributed by atoms with E-state index in [4.69, 9.17) is 4.42 Å². The maximum Gasteiger partial charge on any atom is 0.246 e. The molecule has 0 spiro atoms. The lowest BCUT2D eigenvalue weighted by atomic mass is 10.0. The summed E-state index contributed by atoms with van der Waals surface area (Å²) >= 11 is 0. The number of furan rings is 1. The van der Waals surface area contributed by atoms with E-state index in [0.29, 0.717) is 0 Å². The van der Waals surface area contributed by atoms with Crippen LogP contribution in [0.4, 0.5) is 5.69 Å². The second kappa shape index (κ2) is 8.56. The van der Waals surface area contributed by atoms with E-state index in [9.17, 15) is 4.79 Å². The Morgan fingerprint density at radius 1 is 0.900 bits per heavy atom. The zero-order valence-corrected chi connectivity index (χ0v) is 17.5. The summed E-state index contributed by atoms with van der Waals surface area (Å²) in [4.78, 5) is 13.3. The number of amides is 1. The number of hydrogen-bond acceptors (Lipinski definition) is 3.